The number of benzene rings is 1. The van der Waals surface area contributed by atoms with Crippen molar-refractivity contribution in [2.45, 2.75) is 19.3 Å². The molecule has 0 aromatic heterocycles. The van der Waals surface area contributed by atoms with Gasteiger partial charge in [0.05, 0.1) is 18.1 Å². The zero-order valence-corrected chi connectivity index (χ0v) is 13.8. The number of rotatable bonds is 6. The highest BCUT2D eigenvalue weighted by molar-refractivity contribution is 7.91. The number of hydrogen-bond donors (Lipinski definition) is 1. The fourth-order valence-electron chi connectivity index (χ4n) is 2.54. The maximum atomic E-state index is 11.9. The summed E-state index contributed by atoms with van der Waals surface area (Å²) in [6.07, 6.45) is 0.893. The summed E-state index contributed by atoms with van der Waals surface area (Å²) in [4.78, 5) is 13.8. The van der Waals surface area contributed by atoms with Crippen molar-refractivity contribution in [2.75, 3.05) is 37.7 Å². The van der Waals surface area contributed by atoms with Gasteiger partial charge < -0.3 is 5.32 Å². The smallest absolute Gasteiger partial charge is 0.234 e. The Labute approximate surface area is 132 Å². The maximum Gasteiger partial charge on any atom is 0.234 e. The summed E-state index contributed by atoms with van der Waals surface area (Å²) in [6, 6.07) is 10.2. The summed E-state index contributed by atoms with van der Waals surface area (Å²) in [5, 5.41) is 2.92. The van der Waals surface area contributed by atoms with E-state index in [0.29, 0.717) is 25.6 Å². The molecule has 1 amide bonds. The third kappa shape index (κ3) is 5.42. The van der Waals surface area contributed by atoms with E-state index in [4.69, 9.17) is 0 Å². The molecule has 1 aromatic carbocycles. The van der Waals surface area contributed by atoms with Gasteiger partial charge in [-0.1, -0.05) is 37.3 Å². The average Bonchev–Trinajstić information content (AvgIpc) is 2.50. The molecule has 122 valence electrons. The molecular formula is C16H24N2O3S. The van der Waals surface area contributed by atoms with E-state index in [1.165, 1.54) is 5.56 Å². The first-order chi connectivity index (χ1) is 10.5. The van der Waals surface area contributed by atoms with E-state index in [9.17, 15) is 13.2 Å². The lowest BCUT2D eigenvalue weighted by Gasteiger charge is -2.25. The largest absolute Gasteiger partial charge is 0.355 e. The lowest BCUT2D eigenvalue weighted by molar-refractivity contribution is -0.122. The molecule has 1 fully saturated rings. The Kier molecular flexibility index (Phi) is 5.97. The van der Waals surface area contributed by atoms with E-state index in [1.54, 1.807) is 0 Å². The van der Waals surface area contributed by atoms with Gasteiger partial charge in [-0.3, -0.25) is 9.69 Å². The summed E-state index contributed by atoms with van der Waals surface area (Å²) in [5.41, 5.74) is 1.28. The molecule has 6 heteroatoms. The van der Waals surface area contributed by atoms with Crippen molar-refractivity contribution < 1.29 is 13.2 Å². The molecule has 0 unspecified atom stereocenters. The number of amides is 1. The van der Waals surface area contributed by atoms with Crippen LogP contribution < -0.4 is 5.32 Å². The number of sulfone groups is 1. The van der Waals surface area contributed by atoms with E-state index < -0.39 is 9.84 Å². The normalized spacial score (nSPS) is 19.5. The zero-order chi connectivity index (χ0) is 16.0. The van der Waals surface area contributed by atoms with Crippen LogP contribution in [0.3, 0.4) is 0 Å². The molecule has 0 aliphatic carbocycles. The third-order valence-electron chi connectivity index (χ3n) is 4.07. The molecule has 1 heterocycles. The Morgan fingerprint density at radius 1 is 1.23 bits per heavy atom. The quantitative estimate of drug-likeness (QED) is 0.849. The van der Waals surface area contributed by atoms with Gasteiger partial charge in [0, 0.05) is 19.6 Å². The summed E-state index contributed by atoms with van der Waals surface area (Å²) in [5.74, 6) is 0.692. The lowest BCUT2D eigenvalue weighted by atomic mass is 9.98. The summed E-state index contributed by atoms with van der Waals surface area (Å²) < 4.78 is 22.7. The van der Waals surface area contributed by atoms with Crippen LogP contribution in [-0.2, 0) is 14.6 Å². The number of nitrogens with zero attached hydrogens (tertiary/aromatic N) is 1. The molecule has 1 aliphatic rings. The van der Waals surface area contributed by atoms with Gasteiger partial charge in [0.25, 0.3) is 0 Å². The van der Waals surface area contributed by atoms with Gasteiger partial charge in [-0.15, -0.1) is 0 Å². The van der Waals surface area contributed by atoms with Crippen molar-refractivity contribution in [1.82, 2.24) is 10.2 Å². The van der Waals surface area contributed by atoms with Crippen LogP contribution in [0.15, 0.2) is 30.3 Å². The highest BCUT2D eigenvalue weighted by Gasteiger charge is 2.22. The molecule has 0 radical (unpaired) electrons. The number of hydrogen-bond acceptors (Lipinski definition) is 4. The van der Waals surface area contributed by atoms with Crippen LogP contribution in [0, 0.1) is 0 Å². The minimum atomic E-state index is -2.88. The number of nitrogens with one attached hydrogen (secondary N) is 1. The number of carbonyl (C=O) groups excluding carboxylic acids is 1. The van der Waals surface area contributed by atoms with Gasteiger partial charge in [0.1, 0.15) is 0 Å². The van der Waals surface area contributed by atoms with E-state index in [1.807, 2.05) is 23.1 Å². The predicted molar refractivity (Wildman–Crippen MR) is 87.6 cm³/mol. The molecule has 1 N–H and O–H groups in total. The van der Waals surface area contributed by atoms with Crippen LogP contribution in [0.2, 0.25) is 0 Å². The van der Waals surface area contributed by atoms with Gasteiger partial charge in [-0.2, -0.15) is 0 Å². The molecule has 22 heavy (non-hydrogen) atoms. The maximum absolute atomic E-state index is 11.9. The SMILES string of the molecule is C[C@H](CCNC(=O)CN1CCS(=O)(=O)CC1)c1ccccc1. The number of carbonyl (C=O) groups is 1. The average molecular weight is 324 g/mol. The van der Waals surface area contributed by atoms with Crippen LogP contribution in [-0.4, -0.2) is 56.9 Å². The van der Waals surface area contributed by atoms with Crippen molar-refractivity contribution >= 4 is 15.7 Å². The van der Waals surface area contributed by atoms with E-state index in [0.717, 1.165) is 6.42 Å². The standard InChI is InChI=1S/C16H24N2O3S/c1-14(15-5-3-2-4-6-15)7-8-17-16(19)13-18-9-11-22(20,21)12-10-18/h2-6,14H,7-13H2,1H3,(H,17,19)/t14-/m1/s1. The van der Waals surface area contributed by atoms with Gasteiger partial charge >= 0.3 is 0 Å². The van der Waals surface area contributed by atoms with Crippen LogP contribution in [0.1, 0.15) is 24.8 Å². The Morgan fingerprint density at radius 2 is 1.86 bits per heavy atom. The fourth-order valence-corrected chi connectivity index (χ4v) is 3.82. The molecule has 0 saturated carbocycles. The van der Waals surface area contributed by atoms with E-state index >= 15 is 0 Å². The fraction of sp³-hybridized carbons (Fsp3) is 0.562. The first-order valence-corrected chi connectivity index (χ1v) is 9.53. The molecule has 2 rings (SSSR count). The topological polar surface area (TPSA) is 66.5 Å². The lowest BCUT2D eigenvalue weighted by Crippen LogP contribution is -2.45. The molecule has 0 spiro atoms. The molecular weight excluding hydrogens is 300 g/mol. The third-order valence-corrected chi connectivity index (χ3v) is 5.68. The second-order valence-corrected chi connectivity index (χ2v) is 8.18. The van der Waals surface area contributed by atoms with Crippen LogP contribution in [0.5, 0.6) is 0 Å². The monoisotopic (exact) mass is 324 g/mol. The Hall–Kier alpha value is -1.40. The van der Waals surface area contributed by atoms with E-state index in [2.05, 4.69) is 24.4 Å². The second-order valence-electron chi connectivity index (χ2n) is 5.88. The Bertz CT molecular complexity index is 573. The van der Waals surface area contributed by atoms with Crippen molar-refractivity contribution in [2.24, 2.45) is 0 Å². The summed E-state index contributed by atoms with van der Waals surface area (Å²) in [7, 11) is -2.88. The highest BCUT2D eigenvalue weighted by atomic mass is 32.2. The molecule has 0 bridgehead atoms. The highest BCUT2D eigenvalue weighted by Crippen LogP contribution is 2.17. The molecule has 1 aromatic rings. The minimum absolute atomic E-state index is 0.0282. The van der Waals surface area contributed by atoms with Crippen molar-refractivity contribution in [1.29, 1.82) is 0 Å². The van der Waals surface area contributed by atoms with Gasteiger partial charge in [-0.25, -0.2) is 8.42 Å². The molecule has 1 aliphatic heterocycles. The van der Waals surface area contributed by atoms with Crippen LogP contribution >= 0.6 is 0 Å². The van der Waals surface area contributed by atoms with Gasteiger partial charge in [0.15, 0.2) is 9.84 Å². The molecule has 1 saturated heterocycles. The second kappa shape index (κ2) is 7.74. The van der Waals surface area contributed by atoms with Crippen LogP contribution in [0.4, 0.5) is 0 Å². The van der Waals surface area contributed by atoms with Crippen molar-refractivity contribution in [3.8, 4) is 0 Å². The van der Waals surface area contributed by atoms with E-state index in [-0.39, 0.29) is 24.0 Å². The van der Waals surface area contributed by atoms with Crippen LogP contribution in [0.25, 0.3) is 0 Å². The molecule has 1 atom stereocenters. The van der Waals surface area contributed by atoms with Crippen molar-refractivity contribution in [3.63, 3.8) is 0 Å². The zero-order valence-electron chi connectivity index (χ0n) is 13.0. The summed E-state index contributed by atoms with van der Waals surface area (Å²) >= 11 is 0. The first kappa shape index (κ1) is 17.0. The van der Waals surface area contributed by atoms with Crippen molar-refractivity contribution in [3.05, 3.63) is 35.9 Å². The predicted octanol–water partition coefficient (Wildman–Crippen LogP) is 1.03. The Morgan fingerprint density at radius 3 is 2.50 bits per heavy atom. The Balaban J connectivity index is 1.66. The summed E-state index contributed by atoms with van der Waals surface area (Å²) in [6.45, 7) is 3.99. The van der Waals surface area contributed by atoms with Gasteiger partial charge in [-0.05, 0) is 17.9 Å². The first-order valence-electron chi connectivity index (χ1n) is 7.71. The minimum Gasteiger partial charge on any atom is -0.355 e. The molecule has 5 nitrogen and oxygen atoms in total. The van der Waals surface area contributed by atoms with Gasteiger partial charge in [0.2, 0.25) is 5.91 Å².